The third-order valence-electron chi connectivity index (χ3n) is 3.49. The highest BCUT2D eigenvalue weighted by molar-refractivity contribution is 7.91. The van der Waals surface area contributed by atoms with Gasteiger partial charge in [0.05, 0.1) is 22.3 Å². The lowest BCUT2D eigenvalue weighted by atomic mass is 10.1. The SMILES string of the molecule is Cc1cccc(-c2ccc3cnc([S+](C)[O-])nn23)c1S(C)(=O)=O. The Morgan fingerprint density at radius 3 is 2.61 bits per heavy atom. The number of nitrogens with zero attached hydrogens (tertiary/aromatic N) is 3. The van der Waals surface area contributed by atoms with E-state index in [9.17, 15) is 13.0 Å². The molecule has 0 fully saturated rings. The molecule has 0 N–H and O–H groups in total. The molecule has 0 bridgehead atoms. The van der Waals surface area contributed by atoms with Crippen molar-refractivity contribution in [3.63, 3.8) is 0 Å². The van der Waals surface area contributed by atoms with Gasteiger partial charge in [-0.2, -0.15) is 4.98 Å². The van der Waals surface area contributed by atoms with Gasteiger partial charge in [-0.1, -0.05) is 23.3 Å². The van der Waals surface area contributed by atoms with Crippen molar-refractivity contribution in [3.05, 3.63) is 42.1 Å². The van der Waals surface area contributed by atoms with Gasteiger partial charge in [0.15, 0.2) is 9.84 Å². The van der Waals surface area contributed by atoms with E-state index in [0.717, 1.165) is 0 Å². The molecule has 0 amide bonds. The minimum Gasteiger partial charge on any atom is -0.609 e. The molecule has 2 aromatic heterocycles. The molecule has 2 heterocycles. The molecule has 0 radical (unpaired) electrons. The highest BCUT2D eigenvalue weighted by Crippen LogP contribution is 2.31. The predicted octanol–water partition coefficient (Wildman–Crippen LogP) is 1.85. The van der Waals surface area contributed by atoms with Crippen LogP contribution in [0.15, 0.2) is 46.6 Å². The smallest absolute Gasteiger partial charge is 0.359 e. The molecule has 1 atom stereocenters. The van der Waals surface area contributed by atoms with E-state index in [2.05, 4.69) is 10.1 Å². The highest BCUT2D eigenvalue weighted by Gasteiger charge is 2.20. The number of fused-ring (bicyclic) bond motifs is 1. The molecule has 3 rings (SSSR count). The molecule has 0 aliphatic heterocycles. The second-order valence-corrected chi connectivity index (χ2v) is 8.50. The van der Waals surface area contributed by atoms with E-state index in [1.807, 2.05) is 0 Å². The number of sulfone groups is 1. The van der Waals surface area contributed by atoms with Crippen LogP contribution in [0.3, 0.4) is 0 Å². The zero-order valence-electron chi connectivity index (χ0n) is 12.8. The number of rotatable bonds is 3. The monoisotopic (exact) mass is 349 g/mol. The molecule has 1 unspecified atom stereocenters. The average molecular weight is 349 g/mol. The average Bonchev–Trinajstić information content (AvgIpc) is 2.88. The summed E-state index contributed by atoms with van der Waals surface area (Å²) in [4.78, 5) is 4.33. The van der Waals surface area contributed by atoms with Gasteiger partial charge in [-0.25, -0.2) is 12.9 Å². The van der Waals surface area contributed by atoms with Crippen LogP contribution in [-0.2, 0) is 21.0 Å². The van der Waals surface area contributed by atoms with Crippen molar-refractivity contribution in [2.75, 3.05) is 12.5 Å². The maximum Gasteiger partial charge on any atom is 0.359 e. The molecule has 8 heteroatoms. The first-order valence-corrected chi connectivity index (χ1v) is 10.2. The van der Waals surface area contributed by atoms with E-state index in [1.165, 1.54) is 12.5 Å². The zero-order chi connectivity index (χ0) is 16.8. The molecule has 1 aromatic carbocycles. The van der Waals surface area contributed by atoms with E-state index in [0.29, 0.717) is 22.3 Å². The summed E-state index contributed by atoms with van der Waals surface area (Å²) >= 11 is -1.32. The summed E-state index contributed by atoms with van der Waals surface area (Å²) in [7, 11) is -3.40. The minimum atomic E-state index is -3.40. The molecule has 120 valence electrons. The Morgan fingerprint density at radius 1 is 1.22 bits per heavy atom. The van der Waals surface area contributed by atoms with E-state index in [-0.39, 0.29) is 10.1 Å². The lowest BCUT2D eigenvalue weighted by molar-refractivity contribution is 0.586. The maximum absolute atomic E-state index is 12.2. The minimum absolute atomic E-state index is 0.198. The molecule has 0 saturated carbocycles. The van der Waals surface area contributed by atoms with Crippen molar-refractivity contribution in [2.24, 2.45) is 0 Å². The van der Waals surface area contributed by atoms with Gasteiger partial charge >= 0.3 is 5.16 Å². The molecular formula is C15H15N3O3S2. The van der Waals surface area contributed by atoms with Crippen LogP contribution >= 0.6 is 0 Å². The van der Waals surface area contributed by atoms with Gasteiger partial charge in [-0.05, 0) is 24.6 Å². The van der Waals surface area contributed by atoms with Crippen molar-refractivity contribution in [1.29, 1.82) is 0 Å². The molecule has 0 aliphatic carbocycles. The molecular weight excluding hydrogens is 334 g/mol. The highest BCUT2D eigenvalue weighted by atomic mass is 32.2. The maximum atomic E-state index is 12.2. The van der Waals surface area contributed by atoms with Crippen LogP contribution < -0.4 is 0 Å². The van der Waals surface area contributed by atoms with Crippen molar-refractivity contribution < 1.29 is 13.0 Å². The van der Waals surface area contributed by atoms with E-state index in [1.54, 1.807) is 48.0 Å². The summed E-state index contributed by atoms with van der Waals surface area (Å²) in [6, 6.07) is 8.90. The fourth-order valence-electron chi connectivity index (χ4n) is 2.57. The topological polar surface area (TPSA) is 87.4 Å². The van der Waals surface area contributed by atoms with Crippen molar-refractivity contribution >= 4 is 26.5 Å². The van der Waals surface area contributed by atoms with E-state index < -0.39 is 21.0 Å². The van der Waals surface area contributed by atoms with Crippen LogP contribution in [0.25, 0.3) is 16.8 Å². The number of hydrogen-bond acceptors (Lipinski definition) is 5. The first-order valence-electron chi connectivity index (χ1n) is 6.77. The standard InChI is InChI=1S/C15H15N3O3S2/c1-10-5-4-6-12(14(10)23(3,20)21)13-8-7-11-9-16-15(22(2)19)17-18(11)13/h4-9H,1-3H3. The summed E-state index contributed by atoms with van der Waals surface area (Å²) < 4.78 is 37.6. The Kier molecular flexibility index (Phi) is 3.91. The fourth-order valence-corrected chi connectivity index (χ4v) is 4.19. The van der Waals surface area contributed by atoms with Crippen LogP contribution in [0.1, 0.15) is 5.56 Å². The lowest BCUT2D eigenvalue weighted by Gasteiger charge is -2.11. The first kappa shape index (κ1) is 16.0. The quantitative estimate of drug-likeness (QED) is 0.673. The first-order chi connectivity index (χ1) is 10.8. The van der Waals surface area contributed by atoms with Gasteiger partial charge < -0.3 is 4.55 Å². The Bertz CT molecular complexity index is 994. The summed E-state index contributed by atoms with van der Waals surface area (Å²) in [5, 5.41) is 4.47. The van der Waals surface area contributed by atoms with Crippen LogP contribution in [0.4, 0.5) is 0 Å². The molecule has 23 heavy (non-hydrogen) atoms. The van der Waals surface area contributed by atoms with Crippen LogP contribution in [-0.4, -0.2) is 40.1 Å². The van der Waals surface area contributed by atoms with Gasteiger partial charge in [0.2, 0.25) is 0 Å². The normalized spacial score (nSPS) is 13.4. The Labute approximate surface area is 137 Å². The summed E-state index contributed by atoms with van der Waals surface area (Å²) in [6.45, 7) is 1.76. The van der Waals surface area contributed by atoms with Gasteiger partial charge in [0.25, 0.3) is 0 Å². The third-order valence-corrected chi connectivity index (χ3v) is 5.48. The van der Waals surface area contributed by atoms with Gasteiger partial charge in [0, 0.05) is 23.0 Å². The molecule has 3 aromatic rings. The fraction of sp³-hybridized carbons (Fsp3) is 0.200. The number of aryl methyl sites for hydroxylation is 1. The van der Waals surface area contributed by atoms with Crippen molar-refractivity contribution in [2.45, 2.75) is 17.0 Å². The predicted molar refractivity (Wildman–Crippen MR) is 88.6 cm³/mol. The molecule has 0 aliphatic rings. The third kappa shape index (κ3) is 2.85. The van der Waals surface area contributed by atoms with Crippen molar-refractivity contribution in [1.82, 2.24) is 14.6 Å². The summed E-state index contributed by atoms with van der Waals surface area (Å²) in [5.41, 5.74) is 2.57. The van der Waals surface area contributed by atoms with Gasteiger partial charge in [0.1, 0.15) is 6.26 Å². The van der Waals surface area contributed by atoms with E-state index in [4.69, 9.17) is 0 Å². The van der Waals surface area contributed by atoms with Crippen molar-refractivity contribution in [3.8, 4) is 11.3 Å². The Balaban J connectivity index is 2.34. The number of benzene rings is 1. The zero-order valence-corrected chi connectivity index (χ0v) is 14.5. The molecule has 0 spiro atoms. The summed E-state index contributed by atoms with van der Waals surface area (Å²) in [5.74, 6) is 0. The Morgan fingerprint density at radius 2 is 1.96 bits per heavy atom. The van der Waals surface area contributed by atoms with Crippen LogP contribution in [0, 0.1) is 6.92 Å². The number of hydrogen-bond donors (Lipinski definition) is 0. The second-order valence-electron chi connectivity index (χ2n) is 5.27. The van der Waals surface area contributed by atoms with Gasteiger partial charge in [-0.15, -0.1) is 0 Å². The molecule has 6 nitrogen and oxygen atoms in total. The van der Waals surface area contributed by atoms with Gasteiger partial charge in [-0.3, -0.25) is 0 Å². The van der Waals surface area contributed by atoms with Crippen LogP contribution in [0.2, 0.25) is 0 Å². The second kappa shape index (κ2) is 5.63. The van der Waals surface area contributed by atoms with E-state index >= 15 is 0 Å². The summed E-state index contributed by atoms with van der Waals surface area (Å²) in [6.07, 6.45) is 4.26. The number of aromatic nitrogens is 3. The molecule has 0 saturated heterocycles. The largest absolute Gasteiger partial charge is 0.609 e. The Hall–Kier alpha value is -1.90. The van der Waals surface area contributed by atoms with Crippen LogP contribution in [0.5, 0.6) is 0 Å². The lowest BCUT2D eigenvalue weighted by Crippen LogP contribution is -2.09.